The molecule has 108 heavy (non-hydrogen) atoms. The lowest BCUT2D eigenvalue weighted by molar-refractivity contribution is -0.363. The Morgan fingerprint density at radius 1 is 0.472 bits per heavy atom. The van der Waals surface area contributed by atoms with Gasteiger partial charge in [0.2, 0.25) is 5.71 Å². The Labute approximate surface area is 629 Å². The predicted molar refractivity (Wildman–Crippen MR) is 407 cm³/mol. The summed E-state index contributed by atoms with van der Waals surface area (Å²) in [7, 11) is 0. The van der Waals surface area contributed by atoms with Gasteiger partial charge in [-0.1, -0.05) is 105 Å². The first-order valence-corrected chi connectivity index (χ1v) is 39.2. The first-order chi connectivity index (χ1) is 52.7. The van der Waals surface area contributed by atoms with E-state index in [1.165, 1.54) is 106 Å². The van der Waals surface area contributed by atoms with Gasteiger partial charge in [0, 0.05) is 45.2 Å². The van der Waals surface area contributed by atoms with Crippen LogP contribution in [0.4, 0.5) is 8.63 Å². The van der Waals surface area contributed by atoms with Crippen LogP contribution in [0, 0.1) is 0 Å². The normalized spacial score (nSPS) is 17.6. The largest absolute Gasteiger partial charge is 0.738 e. The molecule has 0 bridgehead atoms. The number of nitrogens with zero attached hydrogens (tertiary/aromatic N) is 3. The van der Waals surface area contributed by atoms with Crippen molar-refractivity contribution in [3.8, 4) is 0 Å². The molecule has 0 saturated heterocycles. The molecule has 564 valence electrons. The Morgan fingerprint density at radius 2 is 0.907 bits per heavy atom. The van der Waals surface area contributed by atoms with Crippen LogP contribution in [0.2, 0.25) is 0 Å². The summed E-state index contributed by atoms with van der Waals surface area (Å²) in [6.07, 6.45) is 26.1. The van der Waals surface area contributed by atoms with Crippen molar-refractivity contribution in [1.82, 2.24) is 19.4 Å². The number of benzene rings is 3. The van der Waals surface area contributed by atoms with Gasteiger partial charge in [-0.3, -0.25) is 0 Å². The molecule has 7 aromatic rings. The van der Waals surface area contributed by atoms with E-state index in [0.717, 1.165) is 151 Å². The van der Waals surface area contributed by atoms with E-state index >= 15 is 8.63 Å². The Kier molecular flexibility index (Phi) is 25.1. The topological polar surface area (TPSA) is 241 Å². The SMILES string of the molecule is CCOC(=O)C1=N/C(=C(/c2ccccc2)c2[nH]c(CC)c3c2CCCC3)C2=C1CCCC2.CCOC(=O)C1=[N+]2C(=C(c3ccccc3)c3c4c(c(C(=O)OCC)n3[B-]2(F)F)CCCC4)C2=C1CCCC2.CCOC(=O)c1[nH]c(C(c2ccccc2)c2[nH]c(CC)c3c2CCCC3)c2c1CCCC2.O=C=O.O=C=O. The zero-order valence-corrected chi connectivity index (χ0v) is 63.0. The number of aromatic nitrogens is 4. The Hall–Kier alpha value is -10.4. The molecule has 4 aromatic heterocycles. The van der Waals surface area contributed by atoms with Gasteiger partial charge in [-0.2, -0.15) is 19.2 Å². The van der Waals surface area contributed by atoms with Crippen molar-refractivity contribution in [1.29, 1.82) is 0 Å². The highest BCUT2D eigenvalue weighted by molar-refractivity contribution is 6.61. The third kappa shape index (κ3) is 14.9. The van der Waals surface area contributed by atoms with Crippen molar-refractivity contribution >= 4 is 65.7 Å². The molecule has 3 aliphatic heterocycles. The number of fused-ring (bicyclic) bond motifs is 8. The predicted octanol–water partition coefficient (Wildman–Crippen LogP) is 16.4. The molecule has 1 atom stereocenters. The van der Waals surface area contributed by atoms with E-state index in [9.17, 15) is 19.2 Å². The van der Waals surface area contributed by atoms with Crippen LogP contribution in [-0.4, -0.2) is 105 Å². The number of aryl methyl sites for hydroxylation is 2. The molecule has 0 fully saturated rings. The molecular weight excluding hydrogens is 1370 g/mol. The first-order valence-electron chi connectivity index (χ1n) is 39.2. The second-order valence-electron chi connectivity index (χ2n) is 28.5. The summed E-state index contributed by atoms with van der Waals surface area (Å²) in [5, 5.41) is 0. The minimum atomic E-state index is -4.61. The minimum absolute atomic E-state index is 0.0814. The quantitative estimate of drug-likeness (QED) is 0.0465. The van der Waals surface area contributed by atoms with Crippen LogP contribution in [-0.2, 0) is 112 Å². The number of H-pyrrole nitrogens is 3. The molecule has 0 amide bonds. The van der Waals surface area contributed by atoms with Gasteiger partial charge < -0.3 is 51.5 Å². The van der Waals surface area contributed by atoms with Crippen molar-refractivity contribution < 1.29 is 70.4 Å². The Bertz CT molecular complexity index is 4820. The zero-order chi connectivity index (χ0) is 76.2. The maximum absolute atomic E-state index is 17.1. The number of esters is 4. The van der Waals surface area contributed by atoms with Crippen LogP contribution in [0.15, 0.2) is 130 Å². The molecule has 18 nitrogen and oxygen atoms in total. The van der Waals surface area contributed by atoms with Crippen molar-refractivity contribution in [2.24, 2.45) is 4.99 Å². The van der Waals surface area contributed by atoms with Gasteiger partial charge in [0.15, 0.2) is 11.4 Å². The molecule has 3 aromatic carbocycles. The third-order valence-corrected chi connectivity index (χ3v) is 22.5. The first kappa shape index (κ1) is 77.3. The number of carbonyl (C=O) groups is 4. The van der Waals surface area contributed by atoms with Gasteiger partial charge in [0.25, 0.3) is 0 Å². The Morgan fingerprint density at radius 3 is 1.49 bits per heavy atom. The zero-order valence-electron chi connectivity index (χ0n) is 63.0. The van der Waals surface area contributed by atoms with Gasteiger partial charge in [0.1, 0.15) is 11.4 Å². The summed E-state index contributed by atoms with van der Waals surface area (Å²) in [4.78, 5) is 101. The monoisotopic (exact) mass is 1470 g/mol. The lowest BCUT2D eigenvalue weighted by atomic mass is 9.81. The van der Waals surface area contributed by atoms with E-state index in [1.54, 1.807) is 19.4 Å². The molecule has 0 radical (unpaired) electrons. The molecule has 6 aliphatic carbocycles. The number of rotatable bonds is 16. The van der Waals surface area contributed by atoms with Gasteiger partial charge in [-0.15, -0.1) is 0 Å². The fraction of sp³-hybridized carbons (Fsp3) is 0.425. The number of hydrogen-bond donors (Lipinski definition) is 3. The fourth-order valence-corrected chi connectivity index (χ4v) is 18.3. The third-order valence-electron chi connectivity index (χ3n) is 22.5. The number of nitrogens with one attached hydrogen (secondary N) is 3. The van der Waals surface area contributed by atoms with Crippen molar-refractivity contribution in [2.75, 3.05) is 26.4 Å². The number of ether oxygens (including phenoxy) is 4. The average molecular weight is 1470 g/mol. The van der Waals surface area contributed by atoms with E-state index in [1.807, 2.05) is 44.2 Å². The van der Waals surface area contributed by atoms with Gasteiger partial charge >= 0.3 is 43.2 Å². The number of aromatic amines is 3. The van der Waals surface area contributed by atoms with E-state index in [2.05, 4.69) is 89.5 Å². The lowest BCUT2D eigenvalue weighted by Gasteiger charge is -2.34. The number of allylic oxidation sites excluding steroid dienone is 2. The molecule has 7 heterocycles. The molecule has 21 heteroatoms. The number of halogens is 2. The molecule has 9 aliphatic rings. The van der Waals surface area contributed by atoms with E-state index < -0.39 is 18.9 Å². The van der Waals surface area contributed by atoms with Gasteiger partial charge in [-0.05, 0) is 267 Å². The van der Waals surface area contributed by atoms with Gasteiger partial charge in [-0.25, -0.2) is 24.2 Å². The minimum Gasteiger partial charge on any atom is -0.461 e. The summed E-state index contributed by atoms with van der Waals surface area (Å²) in [6, 6.07) is 30.9. The molecule has 3 N–H and O–H groups in total. The summed E-state index contributed by atoms with van der Waals surface area (Å²) in [6.45, 7) is 7.87. The molecule has 16 rings (SSSR count). The van der Waals surface area contributed by atoms with Crippen molar-refractivity contribution in [2.45, 2.75) is 214 Å². The van der Waals surface area contributed by atoms with Crippen LogP contribution in [0.1, 0.15) is 267 Å². The highest BCUT2D eigenvalue weighted by Crippen LogP contribution is 2.52. The molecule has 1 unspecified atom stereocenters. The second kappa shape index (κ2) is 35.1. The summed E-state index contributed by atoms with van der Waals surface area (Å²) in [5.41, 5.74) is 28.1. The van der Waals surface area contributed by atoms with E-state index in [-0.39, 0.29) is 54.8 Å². The van der Waals surface area contributed by atoms with Gasteiger partial charge in [0.05, 0.1) is 49.3 Å². The maximum Gasteiger partial charge on any atom is 0.738 e. The molecule has 0 saturated carbocycles. The van der Waals surface area contributed by atoms with Crippen molar-refractivity contribution in [3.63, 3.8) is 0 Å². The van der Waals surface area contributed by atoms with Crippen molar-refractivity contribution in [3.05, 3.63) is 231 Å². The fourth-order valence-electron chi connectivity index (χ4n) is 18.3. The average Bonchev–Trinajstić information content (AvgIpc) is 1.51. The summed E-state index contributed by atoms with van der Waals surface area (Å²) in [5.74, 6) is -1.91. The second-order valence-corrected chi connectivity index (χ2v) is 28.5. The number of hydrogen-bond acceptors (Lipinski definition) is 13. The summed E-state index contributed by atoms with van der Waals surface area (Å²) >= 11 is 0. The standard InChI is InChI=1S/C29H31BF2N2O4.C28H34N2O2.C28H32N2O2.2CO2/c1-3-37-28(35)26-21-16-10-8-14-19(21)24-23(18-12-6-5-7-13-18)25-20-15-9-11-17-22(20)27(29(36)38-4-2)34(25)30(31,32)33(24)26;2*1-3-23-19-14-8-9-15-20(19)25(29-23)24(18-12-6-5-7-13-18)26-21-16-10-11-17-22(21)27(30-26)28(31)32-4-2;2*2-1-3/h5-7,12-13H,3-4,8-11,14-17H2,1-2H3;5-7,12-13,24,29-30H,3-4,8-11,14-17H2,1-2H3;5-7,12-13,29H,3-4,8-11,14-17H2,1-2H3;;/b;;26-24-;;. The highest BCUT2D eigenvalue weighted by Gasteiger charge is 2.61. The molecule has 0 spiro atoms. The number of carbonyl (C=O) groups excluding carboxylic acids is 8. The lowest BCUT2D eigenvalue weighted by Crippen LogP contribution is -2.53. The van der Waals surface area contributed by atoms with E-state index in [4.69, 9.17) is 43.1 Å². The smallest absolute Gasteiger partial charge is 0.461 e. The van der Waals surface area contributed by atoms with Crippen LogP contribution >= 0.6 is 0 Å². The van der Waals surface area contributed by atoms with Crippen LogP contribution in [0.3, 0.4) is 0 Å². The Balaban J connectivity index is 0.000000146. The number of aliphatic imine (C=N–C) groups is 1. The van der Waals surface area contributed by atoms with Crippen LogP contribution in [0.25, 0.3) is 11.1 Å². The molecular formula is C87H97BF2N6O12. The highest BCUT2D eigenvalue weighted by atomic mass is 19.2. The van der Waals surface area contributed by atoms with E-state index in [0.29, 0.717) is 78.4 Å². The van der Waals surface area contributed by atoms with Crippen LogP contribution < -0.4 is 0 Å². The van der Waals surface area contributed by atoms with Crippen LogP contribution in [0.5, 0.6) is 0 Å². The maximum atomic E-state index is 17.1. The summed E-state index contributed by atoms with van der Waals surface area (Å²) < 4.78 is 57.6.